The van der Waals surface area contributed by atoms with Crippen LogP contribution in [0.5, 0.6) is 5.75 Å². The third-order valence-corrected chi connectivity index (χ3v) is 4.38. The van der Waals surface area contributed by atoms with E-state index >= 15 is 0 Å². The third-order valence-electron chi connectivity index (χ3n) is 4.38. The molecule has 0 N–H and O–H groups in total. The Morgan fingerprint density at radius 3 is 2.34 bits per heavy atom. The van der Waals surface area contributed by atoms with Crippen molar-refractivity contribution in [1.29, 1.82) is 0 Å². The molecular formula is C24H30O5. The highest BCUT2D eigenvalue weighted by Gasteiger charge is 2.17. The molecule has 0 fully saturated rings. The van der Waals surface area contributed by atoms with Crippen LogP contribution in [0.25, 0.3) is 0 Å². The molecule has 1 unspecified atom stereocenters. The first-order chi connectivity index (χ1) is 13.7. The van der Waals surface area contributed by atoms with Crippen molar-refractivity contribution in [3.8, 4) is 5.75 Å². The van der Waals surface area contributed by atoms with Crippen molar-refractivity contribution in [3.63, 3.8) is 0 Å². The van der Waals surface area contributed by atoms with E-state index in [1.165, 1.54) is 5.56 Å². The molecule has 0 bridgehead atoms. The minimum absolute atomic E-state index is 0.197. The summed E-state index contributed by atoms with van der Waals surface area (Å²) < 4.78 is 16.0. The van der Waals surface area contributed by atoms with Crippen LogP contribution in [0.3, 0.4) is 0 Å². The molecule has 2 aromatic rings. The highest BCUT2D eigenvalue weighted by Crippen LogP contribution is 2.20. The molecule has 2 aromatic carbocycles. The lowest BCUT2D eigenvalue weighted by atomic mass is 9.98. The van der Waals surface area contributed by atoms with E-state index in [2.05, 4.69) is 26.0 Å². The molecular weight excluding hydrogens is 368 g/mol. The molecule has 0 heterocycles. The zero-order valence-electron chi connectivity index (χ0n) is 17.9. The fraction of sp³-hybridized carbons (Fsp3) is 0.417. The van der Waals surface area contributed by atoms with Gasteiger partial charge in [0.25, 0.3) is 0 Å². The Balaban J connectivity index is 1.89. The van der Waals surface area contributed by atoms with Crippen LogP contribution in [0.1, 0.15) is 68.4 Å². The average molecular weight is 398 g/mol. The average Bonchev–Trinajstić information content (AvgIpc) is 2.69. The van der Waals surface area contributed by atoms with E-state index in [1.807, 2.05) is 12.1 Å². The number of benzene rings is 2. The number of carbonyl (C=O) groups is 2. The van der Waals surface area contributed by atoms with Gasteiger partial charge in [-0.25, -0.2) is 9.59 Å². The summed E-state index contributed by atoms with van der Waals surface area (Å²) in [5, 5.41) is 0. The standard InChI is InChI=1S/C24H30O5/c1-6-17(2)19-12-10-18(11-13-19)15-28-23(26)20-8-7-9-21(14-20)27-16-22(25)29-24(3,4)5/h7-14,17H,6,15-16H2,1-5H3. The van der Waals surface area contributed by atoms with Crippen molar-refractivity contribution in [2.24, 2.45) is 0 Å². The third kappa shape index (κ3) is 7.60. The summed E-state index contributed by atoms with van der Waals surface area (Å²) in [7, 11) is 0. The van der Waals surface area contributed by atoms with Crippen molar-refractivity contribution < 1.29 is 23.8 Å². The summed E-state index contributed by atoms with van der Waals surface area (Å²) >= 11 is 0. The number of hydrogen-bond acceptors (Lipinski definition) is 5. The van der Waals surface area contributed by atoms with Gasteiger partial charge < -0.3 is 14.2 Å². The quantitative estimate of drug-likeness (QED) is 0.566. The molecule has 156 valence electrons. The molecule has 0 radical (unpaired) electrons. The first kappa shape index (κ1) is 22.5. The van der Waals surface area contributed by atoms with Gasteiger partial charge >= 0.3 is 11.9 Å². The summed E-state index contributed by atoms with van der Waals surface area (Å²) in [4.78, 5) is 24.1. The van der Waals surface area contributed by atoms with Crippen LogP contribution in [0.4, 0.5) is 0 Å². The highest BCUT2D eigenvalue weighted by molar-refractivity contribution is 5.89. The van der Waals surface area contributed by atoms with E-state index in [0.717, 1.165) is 12.0 Å². The molecule has 0 aliphatic carbocycles. The molecule has 0 aliphatic heterocycles. The van der Waals surface area contributed by atoms with Crippen LogP contribution in [-0.2, 0) is 20.9 Å². The lowest BCUT2D eigenvalue weighted by Crippen LogP contribution is -2.27. The molecule has 2 rings (SSSR count). The van der Waals surface area contributed by atoms with Gasteiger partial charge in [0.15, 0.2) is 6.61 Å². The lowest BCUT2D eigenvalue weighted by molar-refractivity contribution is -0.157. The minimum Gasteiger partial charge on any atom is -0.482 e. The van der Waals surface area contributed by atoms with Crippen molar-refractivity contribution in [1.82, 2.24) is 0 Å². The maximum atomic E-state index is 12.3. The first-order valence-corrected chi connectivity index (χ1v) is 9.88. The van der Waals surface area contributed by atoms with Gasteiger partial charge in [-0.3, -0.25) is 0 Å². The number of ether oxygens (including phenoxy) is 3. The summed E-state index contributed by atoms with van der Waals surface area (Å²) in [6.07, 6.45) is 1.08. The topological polar surface area (TPSA) is 61.8 Å². The Morgan fingerprint density at radius 1 is 1.03 bits per heavy atom. The predicted octanol–water partition coefficient (Wildman–Crippen LogP) is 5.28. The van der Waals surface area contributed by atoms with E-state index in [4.69, 9.17) is 14.2 Å². The van der Waals surface area contributed by atoms with E-state index in [9.17, 15) is 9.59 Å². The van der Waals surface area contributed by atoms with E-state index in [-0.39, 0.29) is 13.2 Å². The number of rotatable bonds is 8. The van der Waals surface area contributed by atoms with Crippen LogP contribution in [0.2, 0.25) is 0 Å². The molecule has 5 heteroatoms. The highest BCUT2D eigenvalue weighted by atomic mass is 16.6. The fourth-order valence-corrected chi connectivity index (χ4v) is 2.64. The van der Waals surface area contributed by atoms with Crippen LogP contribution < -0.4 is 4.74 Å². The molecule has 0 saturated carbocycles. The van der Waals surface area contributed by atoms with Gasteiger partial charge in [0.2, 0.25) is 0 Å². The van der Waals surface area contributed by atoms with Gasteiger partial charge in [-0.2, -0.15) is 0 Å². The first-order valence-electron chi connectivity index (χ1n) is 9.88. The summed E-state index contributed by atoms with van der Waals surface area (Å²) in [6, 6.07) is 14.7. The molecule has 5 nitrogen and oxygen atoms in total. The smallest absolute Gasteiger partial charge is 0.344 e. The Hall–Kier alpha value is -2.82. The second-order valence-electron chi connectivity index (χ2n) is 8.03. The van der Waals surface area contributed by atoms with Gasteiger partial charge in [-0.15, -0.1) is 0 Å². The van der Waals surface area contributed by atoms with Crippen LogP contribution in [0, 0.1) is 0 Å². The van der Waals surface area contributed by atoms with Crippen LogP contribution in [-0.4, -0.2) is 24.1 Å². The fourth-order valence-electron chi connectivity index (χ4n) is 2.64. The molecule has 29 heavy (non-hydrogen) atoms. The van der Waals surface area contributed by atoms with Crippen molar-refractivity contribution in [2.75, 3.05) is 6.61 Å². The van der Waals surface area contributed by atoms with Crippen molar-refractivity contribution >= 4 is 11.9 Å². The van der Waals surface area contributed by atoms with E-state index in [1.54, 1.807) is 45.0 Å². The Bertz CT molecular complexity index is 818. The van der Waals surface area contributed by atoms with Gasteiger partial charge in [-0.05, 0) is 62.4 Å². The monoisotopic (exact) mass is 398 g/mol. The maximum absolute atomic E-state index is 12.3. The SMILES string of the molecule is CCC(C)c1ccc(COC(=O)c2cccc(OCC(=O)OC(C)(C)C)c2)cc1. The zero-order chi connectivity index (χ0) is 21.4. The summed E-state index contributed by atoms with van der Waals surface area (Å²) in [5.74, 6) is 0.00303. The maximum Gasteiger partial charge on any atom is 0.344 e. The lowest BCUT2D eigenvalue weighted by Gasteiger charge is -2.19. The number of hydrogen-bond donors (Lipinski definition) is 0. The Labute approximate surface area is 173 Å². The van der Waals surface area contributed by atoms with Crippen molar-refractivity contribution in [2.45, 2.75) is 59.2 Å². The Kier molecular flexibility index (Phi) is 7.82. The molecule has 0 aromatic heterocycles. The van der Waals surface area contributed by atoms with Crippen LogP contribution in [0.15, 0.2) is 48.5 Å². The summed E-state index contributed by atoms with van der Waals surface area (Å²) in [6.45, 7) is 9.69. The normalized spacial score (nSPS) is 12.2. The van der Waals surface area contributed by atoms with Gasteiger partial charge in [0.05, 0.1) is 5.56 Å². The van der Waals surface area contributed by atoms with Crippen LogP contribution >= 0.6 is 0 Å². The van der Waals surface area contributed by atoms with Gasteiger partial charge in [0.1, 0.15) is 18.0 Å². The molecule has 0 saturated heterocycles. The predicted molar refractivity (Wildman–Crippen MR) is 112 cm³/mol. The largest absolute Gasteiger partial charge is 0.482 e. The van der Waals surface area contributed by atoms with Crippen molar-refractivity contribution in [3.05, 3.63) is 65.2 Å². The molecule has 0 spiro atoms. The second-order valence-corrected chi connectivity index (χ2v) is 8.03. The molecule has 1 atom stereocenters. The molecule has 0 amide bonds. The van der Waals surface area contributed by atoms with Gasteiger partial charge in [-0.1, -0.05) is 44.2 Å². The minimum atomic E-state index is -0.571. The van der Waals surface area contributed by atoms with E-state index in [0.29, 0.717) is 17.2 Å². The second kappa shape index (κ2) is 10.1. The zero-order valence-corrected chi connectivity index (χ0v) is 17.9. The van der Waals surface area contributed by atoms with Gasteiger partial charge in [0, 0.05) is 0 Å². The molecule has 0 aliphatic rings. The number of esters is 2. The summed E-state index contributed by atoms with van der Waals surface area (Å²) in [5.41, 5.74) is 2.00. The van der Waals surface area contributed by atoms with E-state index < -0.39 is 17.5 Å². The Morgan fingerprint density at radius 2 is 1.72 bits per heavy atom. The number of carbonyl (C=O) groups excluding carboxylic acids is 2.